The summed E-state index contributed by atoms with van der Waals surface area (Å²) in [6, 6.07) is 7.93. The van der Waals surface area contributed by atoms with E-state index in [1.165, 1.54) is 0 Å². The van der Waals surface area contributed by atoms with Gasteiger partial charge in [0.1, 0.15) is 5.75 Å². The van der Waals surface area contributed by atoms with E-state index in [0.29, 0.717) is 6.42 Å². The molecule has 1 aliphatic rings. The first-order chi connectivity index (χ1) is 9.49. The summed E-state index contributed by atoms with van der Waals surface area (Å²) < 4.78 is 10.6. The van der Waals surface area contributed by atoms with Crippen molar-refractivity contribution in [3.05, 3.63) is 29.8 Å². The number of alkyl halides is 1. The lowest BCUT2D eigenvalue weighted by atomic mass is 9.86. The molecule has 5 heteroatoms. The summed E-state index contributed by atoms with van der Waals surface area (Å²) in [7, 11) is 3.27. The number of oxime groups is 1. The van der Waals surface area contributed by atoms with Crippen LogP contribution in [0.4, 0.5) is 0 Å². The van der Waals surface area contributed by atoms with E-state index in [1.807, 2.05) is 38.1 Å². The molecular formula is C15H20ClNO3. The number of hydrogen-bond acceptors (Lipinski definition) is 4. The molecule has 1 aromatic carbocycles. The fraction of sp³-hybridized carbons (Fsp3) is 0.533. The molecule has 0 fully saturated rings. The summed E-state index contributed by atoms with van der Waals surface area (Å²) in [5, 5.41) is 3.99. The quantitative estimate of drug-likeness (QED) is 0.798. The number of benzene rings is 1. The van der Waals surface area contributed by atoms with E-state index in [4.69, 9.17) is 25.9 Å². The monoisotopic (exact) mass is 297 g/mol. The zero-order chi connectivity index (χ0) is 14.8. The molecule has 1 aromatic rings. The van der Waals surface area contributed by atoms with Crippen LogP contribution in [0.15, 0.2) is 29.4 Å². The molecule has 0 bridgehead atoms. The Labute approximate surface area is 124 Å². The lowest BCUT2D eigenvalue weighted by Gasteiger charge is -2.35. The third kappa shape index (κ3) is 3.07. The number of nitrogens with zero attached hydrogens (tertiary/aromatic N) is 1. The summed E-state index contributed by atoms with van der Waals surface area (Å²) in [4.78, 5) is 5.44. The minimum Gasteiger partial charge on any atom is -0.497 e. The maximum Gasteiger partial charge on any atom is 0.234 e. The average molecular weight is 298 g/mol. The van der Waals surface area contributed by atoms with E-state index in [0.717, 1.165) is 17.0 Å². The zero-order valence-electron chi connectivity index (χ0n) is 12.2. The molecular weight excluding hydrogens is 278 g/mol. The van der Waals surface area contributed by atoms with Gasteiger partial charge in [0.25, 0.3) is 0 Å². The smallest absolute Gasteiger partial charge is 0.234 e. The first-order valence-electron chi connectivity index (χ1n) is 6.58. The van der Waals surface area contributed by atoms with Crippen LogP contribution in [0.1, 0.15) is 31.7 Å². The largest absolute Gasteiger partial charge is 0.497 e. The number of methoxy groups -OCH3 is 2. The topological polar surface area (TPSA) is 40.0 Å². The summed E-state index contributed by atoms with van der Waals surface area (Å²) in [6.07, 6.45) is 0.672. The molecule has 0 aliphatic carbocycles. The molecule has 20 heavy (non-hydrogen) atoms. The fourth-order valence-electron chi connectivity index (χ4n) is 2.32. The van der Waals surface area contributed by atoms with Crippen molar-refractivity contribution in [3.63, 3.8) is 0 Å². The van der Waals surface area contributed by atoms with Gasteiger partial charge in [0.2, 0.25) is 5.79 Å². The van der Waals surface area contributed by atoms with Crippen molar-refractivity contribution >= 4 is 17.3 Å². The van der Waals surface area contributed by atoms with Gasteiger partial charge in [-0.1, -0.05) is 17.3 Å². The van der Waals surface area contributed by atoms with Crippen molar-refractivity contribution in [2.75, 3.05) is 14.2 Å². The number of hydrogen-bond donors (Lipinski definition) is 0. The minimum absolute atomic E-state index is 0.0760. The second-order valence-corrected chi connectivity index (χ2v) is 5.75. The maximum absolute atomic E-state index is 6.22. The number of halogens is 1. The second kappa shape index (κ2) is 6.02. The summed E-state index contributed by atoms with van der Waals surface area (Å²) in [5.41, 5.74) is 1.95. The van der Waals surface area contributed by atoms with Gasteiger partial charge < -0.3 is 14.3 Å². The minimum atomic E-state index is -0.722. The Kier molecular flexibility index (Phi) is 4.55. The summed E-state index contributed by atoms with van der Waals surface area (Å²) in [5.74, 6) is 0.180. The van der Waals surface area contributed by atoms with E-state index >= 15 is 0 Å². The Bertz CT molecular complexity index is 486. The zero-order valence-corrected chi connectivity index (χ0v) is 13.0. The SMILES string of the molecule is COc1ccc([C@H]2C[C@](C)(OC)ON=C2C(C)Cl)cc1. The third-order valence-corrected chi connectivity index (χ3v) is 3.86. The Morgan fingerprint density at radius 2 is 2.00 bits per heavy atom. The summed E-state index contributed by atoms with van der Waals surface area (Å²) in [6.45, 7) is 3.78. The van der Waals surface area contributed by atoms with Gasteiger partial charge in [-0.3, -0.25) is 0 Å². The molecule has 110 valence electrons. The molecule has 0 amide bonds. The third-order valence-electron chi connectivity index (χ3n) is 3.63. The number of ether oxygens (including phenoxy) is 2. The Morgan fingerprint density at radius 3 is 2.50 bits per heavy atom. The van der Waals surface area contributed by atoms with Gasteiger partial charge in [-0.05, 0) is 24.6 Å². The van der Waals surface area contributed by atoms with Gasteiger partial charge >= 0.3 is 0 Å². The highest BCUT2D eigenvalue weighted by molar-refractivity contribution is 6.32. The molecule has 0 saturated heterocycles. The van der Waals surface area contributed by atoms with Crippen LogP contribution < -0.4 is 4.74 Å². The van der Waals surface area contributed by atoms with Crippen molar-refractivity contribution in [1.82, 2.24) is 0 Å². The van der Waals surface area contributed by atoms with Gasteiger partial charge in [0.15, 0.2) is 0 Å². The highest BCUT2D eigenvalue weighted by Gasteiger charge is 2.39. The predicted molar refractivity (Wildman–Crippen MR) is 79.6 cm³/mol. The van der Waals surface area contributed by atoms with Gasteiger partial charge in [-0.2, -0.15) is 0 Å². The van der Waals surface area contributed by atoms with Gasteiger partial charge in [-0.15, -0.1) is 11.6 Å². The second-order valence-electron chi connectivity index (χ2n) is 5.09. The van der Waals surface area contributed by atoms with Crippen LogP contribution in [-0.4, -0.2) is 31.1 Å². The van der Waals surface area contributed by atoms with E-state index in [-0.39, 0.29) is 11.3 Å². The van der Waals surface area contributed by atoms with Gasteiger partial charge in [0, 0.05) is 26.4 Å². The fourth-order valence-corrected chi connectivity index (χ4v) is 2.51. The van der Waals surface area contributed by atoms with Crippen LogP contribution in [0.2, 0.25) is 0 Å². The van der Waals surface area contributed by atoms with Crippen molar-refractivity contribution in [1.29, 1.82) is 0 Å². The van der Waals surface area contributed by atoms with Crippen molar-refractivity contribution in [2.24, 2.45) is 5.16 Å². The van der Waals surface area contributed by atoms with Crippen LogP contribution in [0.5, 0.6) is 5.75 Å². The lowest BCUT2D eigenvalue weighted by molar-refractivity contribution is -0.221. The van der Waals surface area contributed by atoms with E-state index < -0.39 is 5.79 Å². The van der Waals surface area contributed by atoms with Crippen LogP contribution in [0, 0.1) is 0 Å². The highest BCUT2D eigenvalue weighted by Crippen LogP contribution is 2.36. The van der Waals surface area contributed by atoms with Crippen molar-refractivity contribution < 1.29 is 14.3 Å². The lowest BCUT2D eigenvalue weighted by Crippen LogP contribution is -2.39. The molecule has 2 rings (SSSR count). The molecule has 4 nitrogen and oxygen atoms in total. The highest BCUT2D eigenvalue weighted by atomic mass is 35.5. The molecule has 0 aromatic heterocycles. The molecule has 0 saturated carbocycles. The Balaban J connectivity index is 2.33. The molecule has 1 heterocycles. The van der Waals surface area contributed by atoms with E-state index in [9.17, 15) is 0 Å². The van der Waals surface area contributed by atoms with Crippen LogP contribution >= 0.6 is 11.6 Å². The predicted octanol–water partition coefficient (Wildman–Crippen LogP) is 3.55. The molecule has 1 unspecified atom stereocenters. The molecule has 0 N–H and O–H groups in total. The first-order valence-corrected chi connectivity index (χ1v) is 7.02. The van der Waals surface area contributed by atoms with Gasteiger partial charge in [-0.25, -0.2) is 0 Å². The van der Waals surface area contributed by atoms with Gasteiger partial charge in [0.05, 0.1) is 18.2 Å². The Hall–Kier alpha value is -1.26. The van der Waals surface area contributed by atoms with Crippen molar-refractivity contribution in [3.8, 4) is 5.75 Å². The number of rotatable bonds is 4. The first kappa shape index (κ1) is 15.1. The van der Waals surface area contributed by atoms with E-state index in [2.05, 4.69) is 5.16 Å². The molecule has 0 radical (unpaired) electrons. The van der Waals surface area contributed by atoms with Crippen molar-refractivity contribution in [2.45, 2.75) is 37.4 Å². The standard InChI is InChI=1S/C15H20ClNO3/c1-10(16)14-13(9-15(2,19-4)20-17-14)11-5-7-12(18-3)8-6-11/h5-8,10,13H,9H2,1-4H3/t10?,13-,15-/m1/s1. The molecule has 3 atom stereocenters. The van der Waals surface area contributed by atoms with Crippen LogP contribution in [0.25, 0.3) is 0 Å². The van der Waals surface area contributed by atoms with E-state index in [1.54, 1.807) is 14.2 Å². The van der Waals surface area contributed by atoms with Crippen LogP contribution in [-0.2, 0) is 9.57 Å². The Morgan fingerprint density at radius 1 is 1.35 bits per heavy atom. The molecule has 1 aliphatic heterocycles. The summed E-state index contributed by atoms with van der Waals surface area (Å²) >= 11 is 6.22. The normalized spacial score (nSPS) is 27.4. The maximum atomic E-state index is 6.22. The average Bonchev–Trinajstić information content (AvgIpc) is 2.47. The van der Waals surface area contributed by atoms with Crippen LogP contribution in [0.3, 0.4) is 0 Å². The molecule has 0 spiro atoms.